The summed E-state index contributed by atoms with van der Waals surface area (Å²) in [6.45, 7) is 8.74. The molecule has 0 bridgehead atoms. The molecule has 0 aromatic rings. The summed E-state index contributed by atoms with van der Waals surface area (Å²) in [5, 5.41) is 22.8. The topological polar surface area (TPSA) is 176 Å². The number of ketones is 2. The number of Topliss-reactive ketones (excluding diaryl/α,β-unsaturated/α-hetero) is 2. The molecule has 0 spiro atoms. The van der Waals surface area contributed by atoms with E-state index in [9.17, 15) is 24.5 Å². The molecule has 32 heavy (non-hydrogen) atoms. The number of nitrogens with zero attached hydrogens (tertiary/aromatic N) is 2. The second kappa shape index (κ2) is 13.2. The molecule has 0 aromatic carbocycles. The minimum atomic E-state index is -1.50. The number of esters is 1. The van der Waals surface area contributed by atoms with Crippen molar-refractivity contribution in [3.8, 4) is 0 Å². The van der Waals surface area contributed by atoms with Crippen LogP contribution < -0.4 is 0 Å². The Bertz CT molecular complexity index is 807. The summed E-state index contributed by atoms with van der Waals surface area (Å²) < 4.78 is 5.25. The number of ether oxygens (including phenoxy) is 1. The Hall–Kier alpha value is -3.31. The van der Waals surface area contributed by atoms with E-state index in [4.69, 9.17) is 20.1 Å². The molecule has 0 atom stereocenters. The standard InChI is InChI=1S/C20H29NO7.HNO3/c1-13-14(2)19(24)17(15(3)18(13)23)20(4,5)12-16(22)27-10-8-6-7-9-11-28-21(25)26;2-1(3)4/h6-12H2,1-5H3;(H,2,3,4). The minimum Gasteiger partial charge on any atom is -0.466 e. The van der Waals surface area contributed by atoms with Crippen molar-refractivity contribution in [1.29, 1.82) is 0 Å². The molecule has 12 nitrogen and oxygen atoms in total. The van der Waals surface area contributed by atoms with Gasteiger partial charge in [-0.2, -0.15) is 0 Å². The molecule has 0 saturated heterocycles. The van der Waals surface area contributed by atoms with E-state index in [1.165, 1.54) is 0 Å². The molecule has 0 aliphatic heterocycles. The van der Waals surface area contributed by atoms with Crippen LogP contribution in [0.3, 0.4) is 0 Å². The third kappa shape index (κ3) is 9.67. The summed E-state index contributed by atoms with van der Waals surface area (Å²) in [6.07, 6.45) is 2.72. The number of rotatable bonds is 11. The molecule has 0 heterocycles. The SMILES string of the molecule is CC1=C(C)C(=O)C(C(C)(C)CC(=O)OCCCCCCO[N+](=O)[O-])=C(C)C1=O.O=[N+]([O-])O. The first kappa shape index (κ1) is 28.7. The van der Waals surface area contributed by atoms with E-state index in [1.807, 2.05) is 0 Å². The Balaban J connectivity index is 0.00000220. The van der Waals surface area contributed by atoms with Crippen molar-refractivity contribution in [3.05, 3.63) is 42.5 Å². The van der Waals surface area contributed by atoms with Crippen molar-refractivity contribution in [1.82, 2.24) is 0 Å². The van der Waals surface area contributed by atoms with Crippen molar-refractivity contribution >= 4 is 17.5 Å². The molecule has 1 rings (SSSR count). The highest BCUT2D eigenvalue weighted by Gasteiger charge is 2.38. The summed E-state index contributed by atoms with van der Waals surface area (Å²) in [4.78, 5) is 59.8. The van der Waals surface area contributed by atoms with Gasteiger partial charge in [0, 0.05) is 27.7 Å². The van der Waals surface area contributed by atoms with Crippen LogP contribution >= 0.6 is 0 Å². The van der Waals surface area contributed by atoms with Crippen molar-refractivity contribution < 1.29 is 39.3 Å². The molecule has 1 N–H and O–H groups in total. The first-order valence-corrected chi connectivity index (χ1v) is 9.96. The molecule has 0 aromatic heterocycles. The third-order valence-corrected chi connectivity index (χ3v) is 4.95. The highest BCUT2D eigenvalue weighted by molar-refractivity contribution is 6.25. The van der Waals surface area contributed by atoms with Gasteiger partial charge in [0.2, 0.25) is 0 Å². The molecule has 0 unspecified atom stereocenters. The second-order valence-corrected chi connectivity index (χ2v) is 7.90. The molecular weight excluding hydrogens is 428 g/mol. The quantitative estimate of drug-likeness (QED) is 0.159. The lowest BCUT2D eigenvalue weighted by atomic mass is 9.71. The zero-order valence-electron chi connectivity index (χ0n) is 19.0. The largest absolute Gasteiger partial charge is 0.466 e. The first-order chi connectivity index (χ1) is 14.7. The summed E-state index contributed by atoms with van der Waals surface area (Å²) in [7, 11) is 0. The third-order valence-electron chi connectivity index (χ3n) is 4.95. The minimum absolute atomic E-state index is 0.00168. The van der Waals surface area contributed by atoms with Crippen LogP contribution in [0.25, 0.3) is 0 Å². The number of carbonyl (C=O) groups is 3. The van der Waals surface area contributed by atoms with E-state index < -0.39 is 21.6 Å². The van der Waals surface area contributed by atoms with Crippen LogP contribution in [0.15, 0.2) is 22.3 Å². The lowest BCUT2D eigenvalue weighted by Gasteiger charge is -2.31. The normalized spacial score (nSPS) is 14.0. The number of allylic oxidation sites excluding steroid dienone is 4. The molecule has 1 aliphatic rings. The van der Waals surface area contributed by atoms with Crippen LogP contribution in [0.2, 0.25) is 0 Å². The van der Waals surface area contributed by atoms with E-state index in [1.54, 1.807) is 34.6 Å². The predicted octanol–water partition coefficient (Wildman–Crippen LogP) is 3.17. The van der Waals surface area contributed by atoms with Gasteiger partial charge in [0.05, 0.1) is 19.6 Å². The molecule has 0 radical (unpaired) electrons. The zero-order valence-corrected chi connectivity index (χ0v) is 19.0. The molecule has 12 heteroatoms. The van der Waals surface area contributed by atoms with Crippen LogP contribution in [-0.2, 0) is 24.0 Å². The van der Waals surface area contributed by atoms with Gasteiger partial charge in [0.25, 0.3) is 10.2 Å². The monoisotopic (exact) mass is 458 g/mol. The Morgan fingerprint density at radius 2 is 1.38 bits per heavy atom. The van der Waals surface area contributed by atoms with Crippen molar-refractivity contribution in [2.45, 2.75) is 66.7 Å². The summed E-state index contributed by atoms with van der Waals surface area (Å²) in [6, 6.07) is 0. The highest BCUT2D eigenvalue weighted by Crippen LogP contribution is 2.38. The van der Waals surface area contributed by atoms with Crippen LogP contribution in [0.5, 0.6) is 0 Å². The number of carbonyl (C=O) groups excluding carboxylic acids is 3. The van der Waals surface area contributed by atoms with Crippen LogP contribution in [0.4, 0.5) is 0 Å². The molecule has 1 aliphatic carbocycles. The van der Waals surface area contributed by atoms with Gasteiger partial charge in [-0.3, -0.25) is 14.4 Å². The fourth-order valence-corrected chi connectivity index (χ4v) is 3.29. The van der Waals surface area contributed by atoms with E-state index in [2.05, 4.69) is 4.84 Å². The maximum Gasteiger partial charge on any atom is 0.306 e. The fourth-order valence-electron chi connectivity index (χ4n) is 3.29. The lowest BCUT2D eigenvalue weighted by Crippen LogP contribution is -2.32. The molecular formula is C20H30N2O10. The molecule has 180 valence electrons. The van der Waals surface area contributed by atoms with Crippen molar-refractivity contribution in [2.24, 2.45) is 5.41 Å². The average Bonchev–Trinajstić information content (AvgIpc) is 2.65. The smallest absolute Gasteiger partial charge is 0.306 e. The van der Waals surface area contributed by atoms with Gasteiger partial charge >= 0.3 is 5.97 Å². The Morgan fingerprint density at radius 3 is 1.88 bits per heavy atom. The summed E-state index contributed by atoms with van der Waals surface area (Å²) >= 11 is 0. The molecule has 0 saturated carbocycles. The predicted molar refractivity (Wildman–Crippen MR) is 111 cm³/mol. The maximum atomic E-state index is 12.7. The first-order valence-electron chi connectivity index (χ1n) is 9.96. The van der Waals surface area contributed by atoms with Crippen molar-refractivity contribution in [2.75, 3.05) is 13.2 Å². The van der Waals surface area contributed by atoms with Gasteiger partial charge in [-0.05, 0) is 40.0 Å². The second-order valence-electron chi connectivity index (χ2n) is 7.90. The van der Waals surface area contributed by atoms with Gasteiger partial charge in [-0.25, -0.2) is 0 Å². The molecule has 0 amide bonds. The van der Waals surface area contributed by atoms with E-state index >= 15 is 0 Å². The Labute approximate surface area is 185 Å². The highest BCUT2D eigenvalue weighted by atomic mass is 16.9. The Morgan fingerprint density at radius 1 is 0.906 bits per heavy atom. The summed E-state index contributed by atoms with van der Waals surface area (Å²) in [5.41, 5.74) is 0.836. The van der Waals surface area contributed by atoms with Crippen LogP contribution in [0.1, 0.15) is 66.7 Å². The molecule has 0 fully saturated rings. The average molecular weight is 458 g/mol. The van der Waals surface area contributed by atoms with Gasteiger partial charge in [0.15, 0.2) is 11.6 Å². The van der Waals surface area contributed by atoms with E-state index in [-0.39, 0.29) is 31.2 Å². The van der Waals surface area contributed by atoms with Crippen LogP contribution in [-0.4, -0.2) is 46.1 Å². The number of hydrogen-bond acceptors (Lipinski definition) is 9. The van der Waals surface area contributed by atoms with Gasteiger partial charge in [-0.15, -0.1) is 20.2 Å². The maximum absolute atomic E-state index is 12.7. The van der Waals surface area contributed by atoms with Crippen LogP contribution in [0, 0.1) is 25.6 Å². The number of hydrogen-bond donors (Lipinski definition) is 1. The van der Waals surface area contributed by atoms with E-state index in [0.29, 0.717) is 35.1 Å². The van der Waals surface area contributed by atoms with Gasteiger partial charge in [0.1, 0.15) is 0 Å². The number of unbranched alkanes of at least 4 members (excludes halogenated alkanes) is 3. The van der Waals surface area contributed by atoms with E-state index in [0.717, 1.165) is 12.8 Å². The zero-order chi connectivity index (χ0) is 25.1. The van der Waals surface area contributed by atoms with Gasteiger partial charge < -0.3 is 14.8 Å². The lowest BCUT2D eigenvalue weighted by molar-refractivity contribution is -0.757. The fraction of sp³-hybridized carbons (Fsp3) is 0.650. The summed E-state index contributed by atoms with van der Waals surface area (Å²) in [5.74, 6) is -0.773. The Kier molecular flexibility index (Phi) is 11.8. The van der Waals surface area contributed by atoms with Crippen molar-refractivity contribution in [3.63, 3.8) is 0 Å². The van der Waals surface area contributed by atoms with Gasteiger partial charge in [-0.1, -0.05) is 20.3 Å².